The van der Waals surface area contributed by atoms with Crippen LogP contribution in [0.2, 0.25) is 0 Å². The third-order valence-electron chi connectivity index (χ3n) is 4.82. The number of nitrogens with zero attached hydrogens (tertiary/aromatic N) is 1. The van der Waals surface area contributed by atoms with E-state index < -0.39 is 0 Å². The molecule has 2 aliphatic rings. The van der Waals surface area contributed by atoms with Crippen molar-refractivity contribution in [3.8, 4) is 0 Å². The summed E-state index contributed by atoms with van der Waals surface area (Å²) in [6.07, 6.45) is 8.51. The number of hydrogen-bond donors (Lipinski definition) is 2. The molecule has 2 aliphatic carbocycles. The van der Waals surface area contributed by atoms with Crippen LogP contribution in [0.3, 0.4) is 0 Å². The summed E-state index contributed by atoms with van der Waals surface area (Å²) in [4.78, 5) is 4.54. The van der Waals surface area contributed by atoms with Gasteiger partial charge in [-0.05, 0) is 43.4 Å². The van der Waals surface area contributed by atoms with Gasteiger partial charge in [-0.25, -0.2) is 4.39 Å². The summed E-state index contributed by atoms with van der Waals surface area (Å²) in [5, 5.41) is 3.35. The van der Waals surface area contributed by atoms with Gasteiger partial charge in [0.2, 0.25) is 0 Å². The lowest BCUT2D eigenvalue weighted by molar-refractivity contribution is 0.412. The van der Waals surface area contributed by atoms with E-state index in [0.29, 0.717) is 18.5 Å². The second-order valence-electron chi connectivity index (χ2n) is 6.47. The largest absolute Gasteiger partial charge is 0.370 e. The zero-order valence-corrected chi connectivity index (χ0v) is 12.4. The second-order valence-corrected chi connectivity index (χ2v) is 6.47. The molecule has 21 heavy (non-hydrogen) atoms. The highest BCUT2D eigenvalue weighted by molar-refractivity contribution is 5.78. The molecule has 114 valence electrons. The van der Waals surface area contributed by atoms with Crippen LogP contribution < -0.4 is 11.1 Å². The van der Waals surface area contributed by atoms with E-state index in [-0.39, 0.29) is 11.2 Å². The minimum atomic E-state index is -0.184. The number of benzene rings is 1. The lowest BCUT2D eigenvalue weighted by Gasteiger charge is -2.23. The van der Waals surface area contributed by atoms with Gasteiger partial charge in [0.15, 0.2) is 5.96 Å². The molecule has 3 nitrogen and oxygen atoms in total. The van der Waals surface area contributed by atoms with Gasteiger partial charge in [-0.2, -0.15) is 0 Å². The molecule has 4 heteroatoms. The van der Waals surface area contributed by atoms with E-state index in [4.69, 9.17) is 5.73 Å². The van der Waals surface area contributed by atoms with Crippen LogP contribution in [0.4, 0.5) is 4.39 Å². The standard InChI is InChI=1S/C17H24FN3/c18-14-8-6-13(7-9-14)17(10-11-17)12-20-16(19)21-15-4-2-1-3-5-15/h6-9,15H,1-5,10-12H2,(H3,19,20,21). The van der Waals surface area contributed by atoms with Crippen LogP contribution in [0.5, 0.6) is 0 Å². The summed E-state index contributed by atoms with van der Waals surface area (Å²) in [6, 6.07) is 7.31. The van der Waals surface area contributed by atoms with Crippen molar-refractivity contribution in [3.63, 3.8) is 0 Å². The third-order valence-corrected chi connectivity index (χ3v) is 4.82. The van der Waals surface area contributed by atoms with E-state index in [1.54, 1.807) is 0 Å². The maximum atomic E-state index is 13.0. The van der Waals surface area contributed by atoms with Crippen molar-refractivity contribution in [2.24, 2.45) is 10.7 Å². The highest BCUT2D eigenvalue weighted by atomic mass is 19.1. The van der Waals surface area contributed by atoms with Crippen molar-refractivity contribution in [3.05, 3.63) is 35.6 Å². The fourth-order valence-electron chi connectivity index (χ4n) is 3.23. The average Bonchev–Trinajstić information content (AvgIpc) is 3.28. The van der Waals surface area contributed by atoms with Crippen molar-refractivity contribution in [2.75, 3.05) is 6.54 Å². The van der Waals surface area contributed by atoms with Gasteiger partial charge in [0, 0.05) is 11.5 Å². The number of nitrogens with two attached hydrogens (primary N) is 1. The van der Waals surface area contributed by atoms with Gasteiger partial charge in [-0.15, -0.1) is 0 Å². The first kappa shape index (κ1) is 14.4. The number of guanidine groups is 1. The molecule has 3 N–H and O–H groups in total. The number of hydrogen-bond acceptors (Lipinski definition) is 1. The molecule has 2 fully saturated rings. The van der Waals surface area contributed by atoms with Crippen LogP contribution in [0.1, 0.15) is 50.5 Å². The molecule has 1 aromatic rings. The predicted octanol–water partition coefficient (Wildman–Crippen LogP) is 3.09. The Hall–Kier alpha value is -1.58. The van der Waals surface area contributed by atoms with Crippen LogP contribution in [0.25, 0.3) is 0 Å². The lowest BCUT2D eigenvalue weighted by Crippen LogP contribution is -2.41. The Balaban J connectivity index is 1.58. The summed E-state index contributed by atoms with van der Waals surface area (Å²) >= 11 is 0. The number of nitrogens with one attached hydrogen (secondary N) is 1. The molecule has 0 aromatic heterocycles. The molecule has 0 atom stereocenters. The molecular weight excluding hydrogens is 265 g/mol. The molecule has 1 aromatic carbocycles. The minimum absolute atomic E-state index is 0.0898. The molecule has 3 rings (SSSR count). The molecule has 0 bridgehead atoms. The summed E-state index contributed by atoms with van der Waals surface area (Å²) in [7, 11) is 0. The fourth-order valence-corrected chi connectivity index (χ4v) is 3.23. The summed E-state index contributed by atoms with van der Waals surface area (Å²) in [6.45, 7) is 0.699. The predicted molar refractivity (Wildman–Crippen MR) is 83.8 cm³/mol. The van der Waals surface area contributed by atoms with Gasteiger partial charge in [-0.3, -0.25) is 4.99 Å². The first-order valence-electron chi connectivity index (χ1n) is 8.00. The van der Waals surface area contributed by atoms with Crippen LogP contribution in [0.15, 0.2) is 29.3 Å². The monoisotopic (exact) mass is 289 g/mol. The number of halogens is 1. The van der Waals surface area contributed by atoms with Crippen LogP contribution in [0, 0.1) is 5.82 Å². The van der Waals surface area contributed by atoms with Gasteiger partial charge < -0.3 is 11.1 Å². The summed E-state index contributed by atoms with van der Waals surface area (Å²) < 4.78 is 13.0. The Bertz CT molecular complexity index is 499. The van der Waals surface area contributed by atoms with Crippen molar-refractivity contribution < 1.29 is 4.39 Å². The van der Waals surface area contributed by atoms with E-state index in [9.17, 15) is 4.39 Å². The minimum Gasteiger partial charge on any atom is -0.370 e. The topological polar surface area (TPSA) is 50.4 Å². The molecule has 0 aliphatic heterocycles. The van der Waals surface area contributed by atoms with Gasteiger partial charge in [-0.1, -0.05) is 31.4 Å². The smallest absolute Gasteiger partial charge is 0.188 e. The van der Waals surface area contributed by atoms with E-state index >= 15 is 0 Å². The zero-order valence-electron chi connectivity index (χ0n) is 12.4. The Labute approximate surface area is 125 Å². The number of rotatable bonds is 4. The average molecular weight is 289 g/mol. The molecule has 0 amide bonds. The Kier molecular flexibility index (Phi) is 4.13. The van der Waals surface area contributed by atoms with Crippen LogP contribution >= 0.6 is 0 Å². The Morgan fingerprint density at radius 2 is 1.86 bits per heavy atom. The van der Waals surface area contributed by atoms with E-state index in [0.717, 1.165) is 12.8 Å². The maximum absolute atomic E-state index is 13.0. The van der Waals surface area contributed by atoms with E-state index in [1.807, 2.05) is 12.1 Å². The highest BCUT2D eigenvalue weighted by Gasteiger charge is 2.44. The first-order chi connectivity index (χ1) is 10.2. The fraction of sp³-hybridized carbons (Fsp3) is 0.588. The molecule has 2 saturated carbocycles. The molecule has 0 unspecified atom stereocenters. The Morgan fingerprint density at radius 3 is 2.48 bits per heavy atom. The van der Waals surface area contributed by atoms with Crippen LogP contribution in [-0.4, -0.2) is 18.5 Å². The molecular formula is C17H24FN3. The molecule has 0 radical (unpaired) electrons. The van der Waals surface area contributed by atoms with Crippen LogP contribution in [-0.2, 0) is 5.41 Å². The Morgan fingerprint density at radius 1 is 1.19 bits per heavy atom. The van der Waals surface area contributed by atoms with Crippen molar-refractivity contribution >= 4 is 5.96 Å². The van der Waals surface area contributed by atoms with Crippen molar-refractivity contribution in [2.45, 2.75) is 56.4 Å². The second kappa shape index (κ2) is 6.04. The van der Waals surface area contributed by atoms with Gasteiger partial charge in [0.05, 0.1) is 6.54 Å². The van der Waals surface area contributed by atoms with Crippen molar-refractivity contribution in [1.29, 1.82) is 0 Å². The molecule has 0 saturated heterocycles. The lowest BCUT2D eigenvalue weighted by atomic mass is 9.95. The van der Waals surface area contributed by atoms with Gasteiger partial charge in [0.25, 0.3) is 0 Å². The van der Waals surface area contributed by atoms with Gasteiger partial charge >= 0.3 is 0 Å². The molecule has 0 heterocycles. The third kappa shape index (κ3) is 3.55. The maximum Gasteiger partial charge on any atom is 0.188 e. The highest BCUT2D eigenvalue weighted by Crippen LogP contribution is 2.48. The van der Waals surface area contributed by atoms with Gasteiger partial charge in [0.1, 0.15) is 5.82 Å². The van der Waals surface area contributed by atoms with E-state index in [1.165, 1.54) is 49.8 Å². The summed E-state index contributed by atoms with van der Waals surface area (Å²) in [5.41, 5.74) is 7.29. The van der Waals surface area contributed by atoms with Crippen molar-refractivity contribution in [1.82, 2.24) is 5.32 Å². The normalized spacial score (nSPS) is 22.0. The first-order valence-corrected chi connectivity index (χ1v) is 8.00. The zero-order chi connectivity index (χ0) is 14.7. The number of aliphatic imine (C=N–C) groups is 1. The molecule has 0 spiro atoms. The summed E-state index contributed by atoms with van der Waals surface area (Å²) in [5.74, 6) is 0.381. The quantitative estimate of drug-likeness (QED) is 0.661. The van der Waals surface area contributed by atoms with E-state index in [2.05, 4.69) is 10.3 Å². The SMILES string of the molecule is NC(=NCC1(c2ccc(F)cc2)CC1)NC1CCCCC1.